The summed E-state index contributed by atoms with van der Waals surface area (Å²) < 4.78 is 36.2. The molecular weight excluding hydrogens is 1360 g/mol. The molecule has 534 valence electrons. The second-order valence-corrected chi connectivity index (χ2v) is 24.1. The predicted octanol–water partition coefficient (Wildman–Crippen LogP) is 12.8. The zero-order chi connectivity index (χ0) is 76.1. The molecule has 25 nitrogen and oxygen atoms in total. The minimum atomic E-state index is -3.42. The van der Waals surface area contributed by atoms with Crippen molar-refractivity contribution in [1.82, 2.24) is 39.1 Å². The highest BCUT2D eigenvalue weighted by Crippen LogP contribution is 2.38. The number of benzene rings is 8. The van der Waals surface area contributed by atoms with Gasteiger partial charge in [-0.05, 0) is 88.9 Å². The van der Waals surface area contributed by atoms with Crippen molar-refractivity contribution >= 4 is 23.9 Å². The molecule has 0 saturated carbocycles. The maximum atomic E-state index is 13.4. The van der Waals surface area contributed by atoms with E-state index in [1.807, 2.05) is 104 Å². The minimum Gasteiger partial charge on any atom is -0.503 e. The van der Waals surface area contributed by atoms with Crippen molar-refractivity contribution in [2.45, 2.75) is 60.0 Å². The van der Waals surface area contributed by atoms with E-state index in [1.165, 1.54) is 37.8 Å². The summed E-state index contributed by atoms with van der Waals surface area (Å²) in [6.07, 6.45) is 1.89. The standard InChI is InChI=1S/C21H20N2O4.C20H18N2O4.C19H14F2N2O5.C18H14N2O4/c1-13(2)11-14-7-9-15(10-8-14)16-5-3-4-6-17(16)23-12-18(24)20(25)19(22-23)21(26)27;1-12(2)13-7-3-4-8-14(13)15-9-5-6-10-16(15)22-11-17(23)19(24)18(21-22)20(25)26;1-19(20,21)28-15-9-5-3-7-12(15)11-6-2-4-8-13(11)23-10-14(24)17(25)16(22-23)18(26)27;1-11-6-2-3-7-12(11)13-8-4-5-9-14(13)20-10-15(21)17(22)16(19-20)18(23)24/h3-10,12-13,24H,11H2,1-2H3,(H,26,27);3-12,23H,1-2H3,(H,25,26);2-10,24H,1H3,(H,26,27);2-10,21H,1H3,(H,23,24). The Morgan fingerprint density at radius 3 is 1.05 bits per heavy atom. The Bertz CT molecular complexity index is 5530. The fourth-order valence-electron chi connectivity index (χ4n) is 11.0. The van der Waals surface area contributed by atoms with Crippen molar-refractivity contribution in [3.63, 3.8) is 0 Å². The smallest absolute Gasteiger partial charge is 0.394 e. The summed E-state index contributed by atoms with van der Waals surface area (Å²) in [6, 6.07) is 58.0. The van der Waals surface area contributed by atoms with E-state index in [-0.39, 0.29) is 22.9 Å². The van der Waals surface area contributed by atoms with Gasteiger partial charge in [-0.2, -0.15) is 29.2 Å². The van der Waals surface area contributed by atoms with Crippen molar-refractivity contribution in [3.05, 3.63) is 299 Å². The second kappa shape index (κ2) is 32.6. The summed E-state index contributed by atoms with van der Waals surface area (Å²) in [5.41, 5.74) is 4.09. The van der Waals surface area contributed by atoms with Crippen molar-refractivity contribution in [3.8, 4) is 96.0 Å². The average molecular weight is 1430 g/mol. The molecule has 0 fully saturated rings. The summed E-state index contributed by atoms with van der Waals surface area (Å²) in [5.74, 6) is -8.14. The van der Waals surface area contributed by atoms with E-state index in [2.05, 4.69) is 60.2 Å². The van der Waals surface area contributed by atoms with Crippen LogP contribution in [0, 0.1) is 12.8 Å². The first-order chi connectivity index (χ1) is 49.9. The number of halogens is 2. The van der Waals surface area contributed by atoms with E-state index in [1.54, 1.807) is 66.7 Å². The summed E-state index contributed by atoms with van der Waals surface area (Å²) in [6.45, 7) is 11.1. The molecule has 0 atom stereocenters. The highest BCUT2D eigenvalue weighted by atomic mass is 19.3. The second-order valence-electron chi connectivity index (χ2n) is 24.1. The molecule has 8 aromatic carbocycles. The lowest BCUT2D eigenvalue weighted by molar-refractivity contribution is -0.158. The fraction of sp³-hybridized carbons (Fsp3) is 0.128. The molecular formula is C78H66F2N8O17. The molecule has 0 spiro atoms. The van der Waals surface area contributed by atoms with Crippen LogP contribution in [0.15, 0.2) is 238 Å². The van der Waals surface area contributed by atoms with Gasteiger partial charge in [0.25, 0.3) is 21.7 Å². The lowest BCUT2D eigenvalue weighted by Crippen LogP contribution is -2.21. The molecule has 0 aliphatic carbocycles. The Morgan fingerprint density at radius 1 is 0.400 bits per heavy atom. The van der Waals surface area contributed by atoms with E-state index in [0.717, 1.165) is 80.4 Å². The van der Waals surface area contributed by atoms with Gasteiger partial charge in [0, 0.05) is 34.7 Å². The number of aromatic hydroxyl groups is 4. The van der Waals surface area contributed by atoms with Crippen molar-refractivity contribution in [2.75, 3.05) is 0 Å². The van der Waals surface area contributed by atoms with Gasteiger partial charge in [-0.1, -0.05) is 191 Å². The molecule has 0 amide bonds. The predicted molar refractivity (Wildman–Crippen MR) is 384 cm³/mol. The maximum Gasteiger partial charge on any atom is 0.394 e. The minimum absolute atomic E-state index is 0.105. The zero-order valence-corrected chi connectivity index (χ0v) is 56.7. The third kappa shape index (κ3) is 17.8. The molecule has 12 rings (SSSR count). The number of rotatable bonds is 17. The summed E-state index contributed by atoms with van der Waals surface area (Å²) in [4.78, 5) is 91.9. The van der Waals surface area contributed by atoms with Crippen molar-refractivity contribution in [1.29, 1.82) is 0 Å². The lowest BCUT2D eigenvalue weighted by Gasteiger charge is -2.18. The average Bonchev–Trinajstić information content (AvgIpc) is 0.802. The molecule has 12 aromatic rings. The van der Waals surface area contributed by atoms with E-state index < -0.39 is 97.5 Å². The monoisotopic (exact) mass is 1420 g/mol. The first-order valence-electron chi connectivity index (χ1n) is 32.0. The van der Waals surface area contributed by atoms with Gasteiger partial charge in [0.15, 0.2) is 23.0 Å². The van der Waals surface area contributed by atoms with Crippen LogP contribution in [0.1, 0.15) is 99.2 Å². The number of nitrogens with zero attached hydrogens (tertiary/aromatic N) is 8. The molecule has 8 N–H and O–H groups in total. The highest BCUT2D eigenvalue weighted by molar-refractivity contribution is 5.88. The lowest BCUT2D eigenvalue weighted by atomic mass is 9.92. The Hall–Kier alpha value is -14.0. The quantitative estimate of drug-likeness (QED) is 0.0420. The molecule has 0 aliphatic heterocycles. The van der Waals surface area contributed by atoms with Gasteiger partial charge in [0.2, 0.25) is 22.8 Å². The van der Waals surface area contributed by atoms with Crippen LogP contribution in [0.5, 0.6) is 28.7 Å². The fourth-order valence-corrected chi connectivity index (χ4v) is 11.0. The van der Waals surface area contributed by atoms with Gasteiger partial charge in [0.05, 0.1) is 47.5 Å². The van der Waals surface area contributed by atoms with Gasteiger partial charge in [-0.3, -0.25) is 19.2 Å². The first kappa shape index (κ1) is 75.2. The van der Waals surface area contributed by atoms with Crippen molar-refractivity contribution in [2.24, 2.45) is 5.92 Å². The number of carboxylic acid groups (broad SMARTS) is 4. The highest BCUT2D eigenvalue weighted by Gasteiger charge is 2.27. The van der Waals surface area contributed by atoms with E-state index in [9.17, 15) is 72.7 Å². The Balaban J connectivity index is 0.000000162. The molecule has 105 heavy (non-hydrogen) atoms. The van der Waals surface area contributed by atoms with Gasteiger partial charge < -0.3 is 45.6 Å². The van der Waals surface area contributed by atoms with Gasteiger partial charge in [0.1, 0.15) is 5.75 Å². The molecule has 4 heterocycles. The molecule has 4 aromatic heterocycles. The van der Waals surface area contributed by atoms with Crippen LogP contribution >= 0.6 is 0 Å². The zero-order valence-electron chi connectivity index (χ0n) is 56.7. The van der Waals surface area contributed by atoms with Crippen LogP contribution < -0.4 is 26.5 Å². The number of carbonyl (C=O) groups is 4. The van der Waals surface area contributed by atoms with Crippen molar-refractivity contribution < 1.29 is 73.5 Å². The van der Waals surface area contributed by atoms with E-state index in [0.29, 0.717) is 35.5 Å². The number of ether oxygens (including phenoxy) is 1. The molecule has 0 unspecified atom stereocenters. The Morgan fingerprint density at radius 2 is 0.695 bits per heavy atom. The summed E-state index contributed by atoms with van der Waals surface area (Å²) >= 11 is 0. The first-order valence-corrected chi connectivity index (χ1v) is 32.0. The third-order valence-electron chi connectivity index (χ3n) is 15.7. The number of aromatic carboxylic acids is 4. The number of carboxylic acids is 4. The number of hydrogen-bond donors (Lipinski definition) is 8. The van der Waals surface area contributed by atoms with E-state index >= 15 is 0 Å². The van der Waals surface area contributed by atoms with Gasteiger partial charge in [-0.25, -0.2) is 37.9 Å². The number of para-hydroxylation sites is 5. The van der Waals surface area contributed by atoms with Crippen LogP contribution in [0.25, 0.3) is 67.3 Å². The third-order valence-corrected chi connectivity index (χ3v) is 15.7. The van der Waals surface area contributed by atoms with Gasteiger partial charge >= 0.3 is 30.0 Å². The Kier molecular flexibility index (Phi) is 23.3. The van der Waals surface area contributed by atoms with Crippen LogP contribution in [0.3, 0.4) is 0 Å². The SMILES string of the molecule is CC(C)Cc1ccc(-c2ccccc2-n2cc(O)c(=O)c(C(=O)O)n2)cc1.CC(C)c1ccccc1-c1ccccc1-n1cc(O)c(=O)c(C(=O)O)n1.CC(F)(F)Oc1ccccc1-c1ccccc1-n1cc(O)c(=O)c(C(=O)O)n1.Cc1ccccc1-c1ccccc1-n1cc(O)c(=O)c(C(=O)O)n1. The molecule has 0 saturated heterocycles. The molecule has 0 bridgehead atoms. The molecule has 27 heteroatoms. The Labute approximate surface area is 595 Å². The van der Waals surface area contributed by atoms with Crippen LogP contribution in [0.4, 0.5) is 8.78 Å². The number of aryl methyl sites for hydroxylation is 1. The maximum absolute atomic E-state index is 13.4. The number of aromatic nitrogens is 8. The van der Waals surface area contributed by atoms with Crippen LogP contribution in [-0.4, -0.2) is 110 Å². The summed E-state index contributed by atoms with van der Waals surface area (Å²) in [7, 11) is 0. The van der Waals surface area contributed by atoms with Crippen LogP contribution in [0.2, 0.25) is 0 Å². The number of hydrogen-bond acceptors (Lipinski definition) is 17. The molecule has 0 radical (unpaired) electrons. The normalized spacial score (nSPS) is 10.9. The topological polar surface area (TPSA) is 379 Å². The number of alkyl halides is 2. The largest absolute Gasteiger partial charge is 0.503 e. The van der Waals surface area contributed by atoms with E-state index in [4.69, 9.17) is 20.1 Å². The van der Waals surface area contributed by atoms with Gasteiger partial charge in [-0.15, -0.1) is 0 Å². The van der Waals surface area contributed by atoms with Crippen LogP contribution in [-0.2, 0) is 6.42 Å². The summed E-state index contributed by atoms with van der Waals surface area (Å²) in [5, 5.41) is 91.3. The molecule has 0 aliphatic rings.